The number of anilines is 1. The summed E-state index contributed by atoms with van der Waals surface area (Å²) in [5, 5.41) is 9.54. The average Bonchev–Trinajstić information content (AvgIpc) is 3.11. The predicted molar refractivity (Wildman–Crippen MR) is 129 cm³/mol. The SMILES string of the molecule is CCn1c(=O)n(C)c(=O)c2c1cc(N1CCC[C@@](C)(N)C1)n2Cc1cc(F)ccc1C#N.Cl. The molecule has 0 bridgehead atoms. The summed E-state index contributed by atoms with van der Waals surface area (Å²) in [4.78, 5) is 28.1. The van der Waals surface area contributed by atoms with Crippen LogP contribution >= 0.6 is 12.4 Å². The molecule has 1 atom stereocenters. The highest BCUT2D eigenvalue weighted by atomic mass is 35.5. The Morgan fingerprint density at radius 1 is 1.24 bits per heavy atom. The maximum atomic E-state index is 14.0. The first kappa shape index (κ1) is 24.6. The van der Waals surface area contributed by atoms with E-state index in [0.717, 1.165) is 29.8 Å². The summed E-state index contributed by atoms with van der Waals surface area (Å²) in [6, 6.07) is 7.94. The van der Waals surface area contributed by atoms with Gasteiger partial charge in [-0.25, -0.2) is 9.18 Å². The van der Waals surface area contributed by atoms with E-state index in [2.05, 4.69) is 11.0 Å². The van der Waals surface area contributed by atoms with Crippen molar-refractivity contribution in [2.24, 2.45) is 12.8 Å². The van der Waals surface area contributed by atoms with Crippen molar-refractivity contribution in [3.05, 3.63) is 62.0 Å². The van der Waals surface area contributed by atoms with Crippen LogP contribution in [0.25, 0.3) is 11.0 Å². The van der Waals surface area contributed by atoms with Crippen LogP contribution in [0.3, 0.4) is 0 Å². The van der Waals surface area contributed by atoms with Crippen molar-refractivity contribution in [3.8, 4) is 6.07 Å². The molecule has 0 unspecified atom stereocenters. The Morgan fingerprint density at radius 2 is 1.97 bits per heavy atom. The van der Waals surface area contributed by atoms with E-state index in [1.807, 2.05) is 19.9 Å². The van der Waals surface area contributed by atoms with Crippen LogP contribution in [0.1, 0.15) is 37.8 Å². The second-order valence-electron chi connectivity index (χ2n) is 8.81. The van der Waals surface area contributed by atoms with Crippen LogP contribution in [-0.2, 0) is 20.1 Å². The van der Waals surface area contributed by atoms with E-state index in [4.69, 9.17) is 5.73 Å². The number of nitrogens with zero attached hydrogens (tertiary/aromatic N) is 5. The Morgan fingerprint density at radius 3 is 2.61 bits per heavy atom. The van der Waals surface area contributed by atoms with E-state index in [0.29, 0.717) is 35.2 Å². The van der Waals surface area contributed by atoms with Crippen molar-refractivity contribution in [1.29, 1.82) is 5.26 Å². The van der Waals surface area contributed by atoms with Gasteiger partial charge in [-0.05, 0) is 50.5 Å². The number of halogens is 2. The summed E-state index contributed by atoms with van der Waals surface area (Å²) < 4.78 is 18.5. The first-order valence-corrected chi connectivity index (χ1v) is 10.7. The van der Waals surface area contributed by atoms with Gasteiger partial charge in [0.05, 0.1) is 23.7 Å². The molecule has 1 aromatic carbocycles. The number of aromatic nitrogens is 3. The number of fused-ring (bicyclic) bond motifs is 1. The van der Waals surface area contributed by atoms with E-state index in [9.17, 15) is 19.2 Å². The van der Waals surface area contributed by atoms with E-state index in [1.54, 1.807) is 9.13 Å². The summed E-state index contributed by atoms with van der Waals surface area (Å²) in [5.74, 6) is 0.275. The third-order valence-electron chi connectivity index (χ3n) is 6.26. The maximum absolute atomic E-state index is 14.0. The summed E-state index contributed by atoms with van der Waals surface area (Å²) in [6.45, 7) is 5.68. The topological polar surface area (TPSA) is 102 Å². The van der Waals surface area contributed by atoms with Crippen molar-refractivity contribution < 1.29 is 4.39 Å². The van der Waals surface area contributed by atoms with Gasteiger partial charge in [0.25, 0.3) is 5.56 Å². The van der Waals surface area contributed by atoms with Crippen molar-refractivity contribution >= 4 is 29.3 Å². The highest BCUT2D eigenvalue weighted by Gasteiger charge is 2.30. The molecule has 0 radical (unpaired) electrons. The molecule has 8 nitrogen and oxygen atoms in total. The van der Waals surface area contributed by atoms with Gasteiger partial charge in [0.1, 0.15) is 17.2 Å². The minimum atomic E-state index is -0.456. The monoisotopic (exact) mass is 474 g/mol. The van der Waals surface area contributed by atoms with Gasteiger partial charge in [-0.2, -0.15) is 5.26 Å². The van der Waals surface area contributed by atoms with Crippen LogP contribution in [0.2, 0.25) is 0 Å². The van der Waals surface area contributed by atoms with Crippen molar-refractivity contribution in [3.63, 3.8) is 0 Å². The fourth-order valence-corrected chi connectivity index (χ4v) is 4.65. The molecule has 176 valence electrons. The number of rotatable bonds is 4. The van der Waals surface area contributed by atoms with Crippen LogP contribution in [0.15, 0.2) is 33.9 Å². The maximum Gasteiger partial charge on any atom is 0.331 e. The van der Waals surface area contributed by atoms with Gasteiger partial charge in [0.15, 0.2) is 0 Å². The first-order valence-electron chi connectivity index (χ1n) is 10.7. The number of aryl methyl sites for hydroxylation is 1. The fraction of sp³-hybridized carbons (Fsp3) is 0.435. The Labute approximate surface area is 197 Å². The van der Waals surface area contributed by atoms with Gasteiger partial charge in [-0.3, -0.25) is 13.9 Å². The van der Waals surface area contributed by atoms with Gasteiger partial charge >= 0.3 is 5.69 Å². The Bertz CT molecular complexity index is 1360. The quantitative estimate of drug-likeness (QED) is 0.625. The van der Waals surface area contributed by atoms with Crippen molar-refractivity contribution in [1.82, 2.24) is 13.7 Å². The van der Waals surface area contributed by atoms with Crippen LogP contribution in [0.5, 0.6) is 0 Å². The second kappa shape index (κ2) is 9.04. The molecular formula is C23H28ClFN6O2. The Balaban J connectivity index is 0.00000306. The van der Waals surface area contributed by atoms with Gasteiger partial charge in [0.2, 0.25) is 0 Å². The Hall–Kier alpha value is -3.09. The van der Waals surface area contributed by atoms with Gasteiger partial charge in [-0.15, -0.1) is 12.4 Å². The molecule has 2 aromatic heterocycles. The van der Waals surface area contributed by atoms with Gasteiger partial charge < -0.3 is 15.2 Å². The largest absolute Gasteiger partial charge is 0.356 e. The lowest BCUT2D eigenvalue weighted by Gasteiger charge is -2.39. The minimum absolute atomic E-state index is 0. The zero-order valence-electron chi connectivity index (χ0n) is 19.0. The molecule has 10 heteroatoms. The molecule has 0 saturated carbocycles. The lowest BCUT2D eigenvalue weighted by Crippen LogP contribution is -2.52. The highest BCUT2D eigenvalue weighted by molar-refractivity contribution is 5.85. The molecule has 0 amide bonds. The number of hydrogen-bond donors (Lipinski definition) is 1. The number of nitriles is 1. The molecule has 1 aliphatic heterocycles. The highest BCUT2D eigenvalue weighted by Crippen LogP contribution is 2.30. The van der Waals surface area contributed by atoms with Crippen molar-refractivity contribution in [2.75, 3.05) is 18.0 Å². The van der Waals surface area contributed by atoms with Gasteiger partial charge in [0, 0.05) is 38.3 Å². The van der Waals surface area contributed by atoms with Crippen LogP contribution in [-0.4, -0.2) is 32.3 Å². The molecule has 1 aliphatic rings. The number of hydrogen-bond acceptors (Lipinski definition) is 5. The molecule has 0 aliphatic carbocycles. The molecule has 33 heavy (non-hydrogen) atoms. The van der Waals surface area contributed by atoms with E-state index in [-0.39, 0.29) is 24.6 Å². The van der Waals surface area contributed by atoms with E-state index >= 15 is 0 Å². The second-order valence-corrected chi connectivity index (χ2v) is 8.81. The van der Waals surface area contributed by atoms with Crippen LogP contribution in [0.4, 0.5) is 10.2 Å². The lowest BCUT2D eigenvalue weighted by atomic mass is 9.92. The summed E-state index contributed by atoms with van der Waals surface area (Å²) in [6.07, 6.45) is 1.77. The number of benzene rings is 1. The summed E-state index contributed by atoms with van der Waals surface area (Å²) in [5.41, 5.74) is 6.90. The molecule has 2 N–H and O–H groups in total. The van der Waals surface area contributed by atoms with E-state index in [1.165, 1.54) is 25.2 Å². The predicted octanol–water partition coefficient (Wildman–Crippen LogP) is 2.32. The molecule has 0 spiro atoms. The summed E-state index contributed by atoms with van der Waals surface area (Å²) in [7, 11) is 1.45. The molecular weight excluding hydrogens is 447 g/mol. The minimum Gasteiger partial charge on any atom is -0.356 e. The molecule has 1 saturated heterocycles. The fourth-order valence-electron chi connectivity index (χ4n) is 4.65. The third kappa shape index (κ3) is 4.28. The number of nitrogens with two attached hydrogens (primary N) is 1. The van der Waals surface area contributed by atoms with E-state index < -0.39 is 16.9 Å². The third-order valence-corrected chi connectivity index (χ3v) is 6.26. The zero-order chi connectivity index (χ0) is 23.2. The standard InChI is InChI=1S/C23H27FN6O2.ClH/c1-4-29-18-11-19(28-9-5-8-23(2,26)14-28)30(20(18)21(31)27(3)22(29)32)13-16-10-17(24)7-6-15(16)12-25;/h6-7,10-11H,4-5,8-9,13-14,26H2,1-3H3;1H/t23-;/m1./s1. The van der Waals surface area contributed by atoms with Crippen LogP contribution in [0, 0.1) is 17.1 Å². The molecule has 3 heterocycles. The molecule has 1 fully saturated rings. The van der Waals surface area contributed by atoms with Crippen LogP contribution < -0.4 is 21.9 Å². The molecule has 4 rings (SSSR count). The average molecular weight is 475 g/mol. The first-order chi connectivity index (χ1) is 15.2. The smallest absolute Gasteiger partial charge is 0.331 e. The van der Waals surface area contributed by atoms with Crippen molar-refractivity contribution in [2.45, 2.75) is 45.3 Å². The zero-order valence-corrected chi connectivity index (χ0v) is 19.8. The molecule has 3 aromatic rings. The lowest BCUT2D eigenvalue weighted by molar-refractivity contribution is 0.371. The van der Waals surface area contributed by atoms with Gasteiger partial charge in [-0.1, -0.05) is 0 Å². The number of piperidine rings is 1. The Kier molecular flexibility index (Phi) is 6.73. The summed E-state index contributed by atoms with van der Waals surface area (Å²) >= 11 is 0. The normalized spacial score (nSPS) is 18.2.